The third kappa shape index (κ3) is 10.2. The summed E-state index contributed by atoms with van der Waals surface area (Å²) in [6.07, 6.45) is -4.00. The Morgan fingerprint density at radius 3 is 2.11 bits per heavy atom. The van der Waals surface area contributed by atoms with Gasteiger partial charge in [0.25, 0.3) is 0 Å². The highest BCUT2D eigenvalue weighted by atomic mass is 19.4. The van der Waals surface area contributed by atoms with E-state index in [0.717, 1.165) is 0 Å². The predicted octanol–water partition coefficient (Wildman–Crippen LogP) is 6.61. The molecular formula is C33H33F6NO4. The molecule has 5 nitrogen and oxygen atoms in total. The van der Waals surface area contributed by atoms with E-state index in [1.807, 2.05) is 0 Å². The van der Waals surface area contributed by atoms with Crippen molar-refractivity contribution in [3.63, 3.8) is 0 Å². The van der Waals surface area contributed by atoms with Crippen molar-refractivity contribution in [3.05, 3.63) is 106 Å². The number of alkyl halides is 3. The SMILES string of the molecule is O=C(Cc1cccc(F)c1CC[C@@H]1CN[C@H](CCC(=O)OCC(F)(F)F)CO1)CC(c1ccc(F)cc1)c1ccc(F)cc1. The molecule has 11 heteroatoms. The van der Waals surface area contributed by atoms with Crippen molar-refractivity contribution in [2.45, 2.75) is 62.8 Å². The minimum Gasteiger partial charge on any atom is -0.456 e. The lowest BCUT2D eigenvalue weighted by Crippen LogP contribution is -2.46. The van der Waals surface area contributed by atoms with E-state index < -0.39 is 42.1 Å². The molecule has 0 unspecified atom stereocenters. The molecule has 0 bridgehead atoms. The van der Waals surface area contributed by atoms with Gasteiger partial charge in [-0.15, -0.1) is 0 Å². The van der Waals surface area contributed by atoms with Gasteiger partial charge >= 0.3 is 12.1 Å². The first kappa shape index (κ1) is 33.2. The summed E-state index contributed by atoms with van der Waals surface area (Å²) in [5.74, 6) is -2.82. The highest BCUT2D eigenvalue weighted by molar-refractivity contribution is 5.82. The quantitative estimate of drug-likeness (QED) is 0.172. The van der Waals surface area contributed by atoms with Gasteiger partial charge in [0, 0.05) is 37.8 Å². The van der Waals surface area contributed by atoms with E-state index in [2.05, 4.69) is 10.1 Å². The number of hydrogen-bond donors (Lipinski definition) is 1. The molecule has 1 N–H and O–H groups in total. The topological polar surface area (TPSA) is 64.6 Å². The molecular weight excluding hydrogens is 588 g/mol. The second-order valence-corrected chi connectivity index (χ2v) is 10.9. The second-order valence-electron chi connectivity index (χ2n) is 10.9. The number of morpholine rings is 1. The summed E-state index contributed by atoms with van der Waals surface area (Å²) in [5.41, 5.74) is 2.35. The maximum atomic E-state index is 14.9. The van der Waals surface area contributed by atoms with Crippen LogP contribution in [0.3, 0.4) is 0 Å². The molecule has 3 aromatic rings. The third-order valence-electron chi connectivity index (χ3n) is 7.56. The fourth-order valence-corrected chi connectivity index (χ4v) is 5.25. The largest absolute Gasteiger partial charge is 0.456 e. The molecule has 0 aromatic heterocycles. The van der Waals surface area contributed by atoms with E-state index in [9.17, 15) is 35.9 Å². The van der Waals surface area contributed by atoms with Gasteiger partial charge in [0.1, 0.15) is 23.2 Å². The fraction of sp³-hybridized carbons (Fsp3) is 0.394. The number of esters is 1. The van der Waals surface area contributed by atoms with Crippen LogP contribution in [-0.4, -0.2) is 49.8 Å². The number of benzene rings is 3. The molecule has 2 atom stereocenters. The highest BCUT2D eigenvalue weighted by Gasteiger charge is 2.30. The molecule has 0 amide bonds. The van der Waals surface area contributed by atoms with Crippen LogP contribution in [0.1, 0.15) is 53.9 Å². The Morgan fingerprint density at radius 2 is 1.55 bits per heavy atom. The zero-order valence-corrected chi connectivity index (χ0v) is 23.8. The number of ether oxygens (including phenoxy) is 2. The van der Waals surface area contributed by atoms with Crippen LogP contribution < -0.4 is 5.32 Å². The lowest BCUT2D eigenvalue weighted by atomic mass is 9.85. The molecule has 0 saturated carbocycles. The van der Waals surface area contributed by atoms with Crippen molar-refractivity contribution in [1.29, 1.82) is 0 Å². The van der Waals surface area contributed by atoms with E-state index in [-0.39, 0.29) is 50.2 Å². The summed E-state index contributed by atoms with van der Waals surface area (Å²) in [6, 6.07) is 15.9. The van der Waals surface area contributed by atoms with Crippen LogP contribution >= 0.6 is 0 Å². The van der Waals surface area contributed by atoms with Crippen LogP contribution in [0.2, 0.25) is 0 Å². The van der Waals surface area contributed by atoms with E-state index in [1.54, 1.807) is 36.4 Å². The number of Topliss-reactive ketones (excluding diaryl/α,β-unsaturated/α-hetero) is 1. The Bertz CT molecular complexity index is 1340. The fourth-order valence-electron chi connectivity index (χ4n) is 5.25. The smallest absolute Gasteiger partial charge is 0.422 e. The summed E-state index contributed by atoms with van der Waals surface area (Å²) < 4.78 is 88.7. The minimum absolute atomic E-state index is 0.0255. The second kappa shape index (κ2) is 15.3. The number of carbonyl (C=O) groups is 2. The first-order valence-electron chi connectivity index (χ1n) is 14.3. The molecule has 1 fully saturated rings. The monoisotopic (exact) mass is 621 g/mol. The molecule has 4 rings (SSSR count). The van der Waals surface area contributed by atoms with Crippen molar-refractivity contribution in [1.82, 2.24) is 5.32 Å². The minimum atomic E-state index is -4.57. The average molecular weight is 622 g/mol. The molecule has 3 aromatic carbocycles. The van der Waals surface area contributed by atoms with Crippen LogP contribution in [0.4, 0.5) is 26.3 Å². The lowest BCUT2D eigenvalue weighted by Gasteiger charge is -2.30. The summed E-state index contributed by atoms with van der Waals surface area (Å²) in [5, 5.41) is 3.20. The Hall–Kier alpha value is -3.70. The van der Waals surface area contributed by atoms with E-state index >= 15 is 0 Å². The lowest BCUT2D eigenvalue weighted by molar-refractivity contribution is -0.186. The van der Waals surface area contributed by atoms with Crippen LogP contribution in [0.5, 0.6) is 0 Å². The zero-order valence-electron chi connectivity index (χ0n) is 23.8. The van der Waals surface area contributed by atoms with Gasteiger partial charge in [-0.1, -0.05) is 36.4 Å². The van der Waals surface area contributed by atoms with E-state index in [4.69, 9.17) is 4.74 Å². The molecule has 1 aliphatic heterocycles. The Kier molecular flexibility index (Phi) is 11.6. The average Bonchev–Trinajstić information content (AvgIpc) is 2.99. The maximum absolute atomic E-state index is 14.9. The van der Waals surface area contributed by atoms with E-state index in [1.165, 1.54) is 30.3 Å². The first-order valence-corrected chi connectivity index (χ1v) is 14.3. The van der Waals surface area contributed by atoms with Gasteiger partial charge in [0.05, 0.1) is 12.7 Å². The third-order valence-corrected chi connectivity index (χ3v) is 7.56. The molecule has 44 heavy (non-hydrogen) atoms. The first-order chi connectivity index (χ1) is 21.0. The van der Waals surface area contributed by atoms with Crippen molar-refractivity contribution in [2.24, 2.45) is 0 Å². The van der Waals surface area contributed by atoms with Crippen molar-refractivity contribution in [2.75, 3.05) is 19.8 Å². The van der Waals surface area contributed by atoms with Crippen LogP contribution in [0, 0.1) is 17.5 Å². The Morgan fingerprint density at radius 1 is 0.909 bits per heavy atom. The molecule has 0 radical (unpaired) electrons. The van der Waals surface area contributed by atoms with Gasteiger partial charge in [-0.2, -0.15) is 13.2 Å². The van der Waals surface area contributed by atoms with Crippen LogP contribution in [0.15, 0.2) is 66.7 Å². The summed E-state index contributed by atoms with van der Waals surface area (Å²) in [6.45, 7) is -0.981. The zero-order chi connectivity index (χ0) is 31.7. The number of carbonyl (C=O) groups excluding carboxylic acids is 2. The Labute approximate surface area is 251 Å². The van der Waals surface area contributed by atoms with Crippen LogP contribution in [0.25, 0.3) is 0 Å². The number of nitrogens with one attached hydrogen (secondary N) is 1. The molecule has 236 valence electrons. The molecule has 1 saturated heterocycles. The summed E-state index contributed by atoms with van der Waals surface area (Å²) in [4.78, 5) is 24.9. The van der Waals surface area contributed by atoms with E-state index in [0.29, 0.717) is 41.6 Å². The highest BCUT2D eigenvalue weighted by Crippen LogP contribution is 2.30. The maximum Gasteiger partial charge on any atom is 0.422 e. The molecule has 1 aliphatic rings. The predicted molar refractivity (Wildman–Crippen MR) is 150 cm³/mol. The van der Waals surface area contributed by atoms with Crippen molar-refractivity contribution < 1.29 is 45.4 Å². The van der Waals surface area contributed by atoms with Gasteiger partial charge in [-0.25, -0.2) is 13.2 Å². The van der Waals surface area contributed by atoms with Gasteiger partial charge in [-0.05, 0) is 71.8 Å². The molecule has 0 aliphatic carbocycles. The number of halogens is 6. The van der Waals surface area contributed by atoms with Gasteiger partial charge < -0.3 is 14.8 Å². The molecule has 1 heterocycles. The van der Waals surface area contributed by atoms with Crippen LogP contribution in [-0.2, 0) is 31.9 Å². The van der Waals surface area contributed by atoms with Crippen molar-refractivity contribution in [3.8, 4) is 0 Å². The normalized spacial score (nSPS) is 17.1. The molecule has 0 spiro atoms. The van der Waals surface area contributed by atoms with Gasteiger partial charge in [0.15, 0.2) is 6.61 Å². The van der Waals surface area contributed by atoms with Gasteiger partial charge in [0.2, 0.25) is 0 Å². The van der Waals surface area contributed by atoms with Gasteiger partial charge in [-0.3, -0.25) is 9.59 Å². The number of ketones is 1. The van der Waals surface area contributed by atoms with Crippen molar-refractivity contribution >= 4 is 11.8 Å². The number of rotatable bonds is 13. The summed E-state index contributed by atoms with van der Waals surface area (Å²) >= 11 is 0. The number of hydrogen-bond acceptors (Lipinski definition) is 5. The standard InChI is InChI=1S/C33H33F6NO4/c34-24-8-4-21(5-9-24)30(22-6-10-25(35)11-7-22)17-27(41)16-23-2-1-3-31(36)29(23)14-13-28-18-40-26(19-43-28)12-15-32(42)44-20-33(37,38)39/h1-11,26,28,30,40H,12-20H2/t26-,28-/m1/s1. The summed E-state index contributed by atoms with van der Waals surface area (Å²) in [7, 11) is 0. The Balaban J connectivity index is 1.32.